The van der Waals surface area contributed by atoms with Crippen molar-refractivity contribution in [2.45, 2.75) is 12.2 Å². The zero-order valence-corrected chi connectivity index (χ0v) is 13.0. The van der Waals surface area contributed by atoms with E-state index in [1.807, 2.05) is 0 Å². The minimum atomic E-state index is -0.673. The van der Waals surface area contributed by atoms with Crippen molar-refractivity contribution in [3.8, 4) is 5.75 Å². The Bertz CT molecular complexity index is 657. The van der Waals surface area contributed by atoms with E-state index in [2.05, 4.69) is 5.32 Å². The summed E-state index contributed by atoms with van der Waals surface area (Å²) in [5, 5.41) is 3.35. The van der Waals surface area contributed by atoms with Gasteiger partial charge >= 0.3 is 0 Å². The van der Waals surface area contributed by atoms with Gasteiger partial charge in [0.1, 0.15) is 11.9 Å². The highest BCUT2D eigenvalue weighted by Gasteiger charge is 2.29. The molecule has 0 radical (unpaired) electrons. The first-order valence-electron chi connectivity index (χ1n) is 7.33. The average molecular weight is 340 g/mol. The highest BCUT2D eigenvalue weighted by Crippen LogP contribution is 2.34. The molecule has 6 heteroatoms. The van der Waals surface area contributed by atoms with E-state index >= 15 is 0 Å². The smallest absolute Gasteiger partial charge is 0.174 e. The van der Waals surface area contributed by atoms with Crippen LogP contribution >= 0.6 is 11.6 Å². The molecule has 1 aliphatic rings. The molecule has 0 bridgehead atoms. The van der Waals surface area contributed by atoms with E-state index in [-0.39, 0.29) is 22.7 Å². The van der Waals surface area contributed by atoms with Crippen LogP contribution in [-0.4, -0.2) is 25.8 Å². The van der Waals surface area contributed by atoms with E-state index < -0.39 is 11.9 Å². The second kappa shape index (κ2) is 7.25. The molecule has 1 fully saturated rings. The highest BCUT2D eigenvalue weighted by molar-refractivity contribution is 6.32. The number of hydrogen-bond donors (Lipinski definition) is 1. The van der Waals surface area contributed by atoms with E-state index in [1.54, 1.807) is 18.2 Å². The number of hydrogen-bond acceptors (Lipinski definition) is 3. The van der Waals surface area contributed by atoms with Crippen LogP contribution in [0.25, 0.3) is 0 Å². The maximum absolute atomic E-state index is 14.0. The zero-order chi connectivity index (χ0) is 16.2. The van der Waals surface area contributed by atoms with Gasteiger partial charge in [0.2, 0.25) is 0 Å². The van der Waals surface area contributed by atoms with Gasteiger partial charge in [-0.3, -0.25) is 0 Å². The van der Waals surface area contributed by atoms with Crippen molar-refractivity contribution in [2.75, 3.05) is 19.7 Å². The van der Waals surface area contributed by atoms with E-state index in [0.717, 1.165) is 6.54 Å². The van der Waals surface area contributed by atoms with Crippen LogP contribution in [0.3, 0.4) is 0 Å². The van der Waals surface area contributed by atoms with Gasteiger partial charge in [0.05, 0.1) is 11.6 Å². The Balaban J connectivity index is 1.94. The van der Waals surface area contributed by atoms with Crippen LogP contribution in [-0.2, 0) is 4.74 Å². The van der Waals surface area contributed by atoms with E-state index in [0.29, 0.717) is 18.7 Å². The van der Waals surface area contributed by atoms with Gasteiger partial charge in [-0.25, -0.2) is 8.78 Å². The number of rotatable bonds is 4. The second-order valence-corrected chi connectivity index (χ2v) is 5.66. The van der Waals surface area contributed by atoms with Gasteiger partial charge in [0, 0.05) is 13.1 Å². The molecule has 0 spiro atoms. The molecule has 23 heavy (non-hydrogen) atoms. The van der Waals surface area contributed by atoms with Crippen molar-refractivity contribution in [2.24, 2.45) is 0 Å². The van der Waals surface area contributed by atoms with Gasteiger partial charge in [-0.15, -0.1) is 0 Å². The lowest BCUT2D eigenvalue weighted by molar-refractivity contribution is -0.0443. The summed E-state index contributed by atoms with van der Waals surface area (Å²) in [5.74, 6) is -1.01. The van der Waals surface area contributed by atoms with Gasteiger partial charge in [0.25, 0.3) is 0 Å². The van der Waals surface area contributed by atoms with Crippen molar-refractivity contribution in [3.63, 3.8) is 0 Å². The molecule has 3 nitrogen and oxygen atoms in total. The number of nitrogens with one attached hydrogen (secondary N) is 1. The number of halogens is 3. The van der Waals surface area contributed by atoms with Gasteiger partial charge < -0.3 is 14.8 Å². The summed E-state index contributed by atoms with van der Waals surface area (Å²) in [5.41, 5.74) is 0.568. The van der Waals surface area contributed by atoms with E-state index in [1.165, 1.54) is 24.3 Å². The molecule has 3 rings (SSSR count). The highest BCUT2D eigenvalue weighted by atomic mass is 35.5. The molecule has 2 aromatic rings. The summed E-state index contributed by atoms with van der Waals surface area (Å²) in [6, 6.07) is 10.3. The predicted octanol–water partition coefficient (Wildman–Crippen LogP) is 3.73. The lowest BCUT2D eigenvalue weighted by atomic mass is 10.0. The molecular formula is C17H16ClF2NO2. The summed E-state index contributed by atoms with van der Waals surface area (Å²) < 4.78 is 39.1. The number of para-hydroxylation sites is 1. The molecule has 0 unspecified atom stereocenters. The molecule has 1 saturated heterocycles. The molecule has 2 aromatic carbocycles. The maximum Gasteiger partial charge on any atom is 0.174 e. The molecular weight excluding hydrogens is 324 g/mol. The van der Waals surface area contributed by atoms with E-state index in [4.69, 9.17) is 21.1 Å². The fourth-order valence-corrected chi connectivity index (χ4v) is 2.75. The van der Waals surface area contributed by atoms with Crippen LogP contribution in [0.15, 0.2) is 42.5 Å². The lowest BCUT2D eigenvalue weighted by Gasteiger charge is -2.32. The molecule has 0 aliphatic carbocycles. The first kappa shape index (κ1) is 16.2. The van der Waals surface area contributed by atoms with Crippen LogP contribution < -0.4 is 10.1 Å². The summed E-state index contributed by atoms with van der Waals surface area (Å²) in [7, 11) is 0. The summed E-state index contributed by atoms with van der Waals surface area (Å²) in [6.07, 6.45) is -1.05. The Kier molecular flexibility index (Phi) is 5.10. The van der Waals surface area contributed by atoms with Crippen LogP contribution in [0.1, 0.15) is 11.7 Å². The third-order valence-corrected chi connectivity index (χ3v) is 3.93. The van der Waals surface area contributed by atoms with Crippen LogP contribution in [0.4, 0.5) is 8.78 Å². The van der Waals surface area contributed by atoms with Gasteiger partial charge in [-0.05, 0) is 29.8 Å². The number of benzene rings is 2. The predicted molar refractivity (Wildman–Crippen MR) is 83.8 cm³/mol. The largest absolute Gasteiger partial charge is 0.478 e. The molecule has 122 valence electrons. The van der Waals surface area contributed by atoms with Crippen molar-refractivity contribution < 1.29 is 18.3 Å². The molecule has 1 heterocycles. The third-order valence-electron chi connectivity index (χ3n) is 3.63. The topological polar surface area (TPSA) is 30.5 Å². The standard InChI is InChI=1S/C17H16ClF2NO2/c18-13-5-2-6-14(20)17(13)23-16(15-10-21-7-8-22-15)11-3-1-4-12(19)9-11/h1-6,9,15-16,21H,7-8,10H2/t15-,16-/m0/s1. The molecule has 1 aliphatic heterocycles. The minimum Gasteiger partial charge on any atom is -0.478 e. The second-order valence-electron chi connectivity index (χ2n) is 5.26. The van der Waals surface area contributed by atoms with Crippen LogP contribution in [0, 0.1) is 11.6 Å². The molecule has 0 aromatic heterocycles. The Morgan fingerprint density at radius 2 is 2.04 bits per heavy atom. The third kappa shape index (κ3) is 3.80. The maximum atomic E-state index is 14.0. The zero-order valence-electron chi connectivity index (χ0n) is 12.3. The van der Waals surface area contributed by atoms with Crippen LogP contribution in [0.2, 0.25) is 5.02 Å². The Morgan fingerprint density at radius 3 is 2.74 bits per heavy atom. The average Bonchev–Trinajstić information content (AvgIpc) is 2.55. The summed E-state index contributed by atoms with van der Waals surface area (Å²) >= 11 is 6.04. The number of morpholine rings is 1. The molecule has 2 atom stereocenters. The SMILES string of the molecule is Fc1cccc([C@H](Oc2c(F)cccc2Cl)[C@@H]2CNCCO2)c1. The van der Waals surface area contributed by atoms with Crippen molar-refractivity contribution >= 4 is 11.6 Å². The van der Waals surface area contributed by atoms with E-state index in [9.17, 15) is 8.78 Å². The summed E-state index contributed by atoms with van der Waals surface area (Å²) in [4.78, 5) is 0. The first-order chi connectivity index (χ1) is 11.1. The minimum absolute atomic E-state index is 0.0578. The van der Waals surface area contributed by atoms with Crippen molar-refractivity contribution in [1.29, 1.82) is 0 Å². The van der Waals surface area contributed by atoms with Gasteiger partial charge in [0.15, 0.2) is 17.7 Å². The Labute approximate surface area is 138 Å². The normalized spacial score (nSPS) is 19.3. The van der Waals surface area contributed by atoms with Crippen molar-refractivity contribution in [1.82, 2.24) is 5.32 Å². The quantitative estimate of drug-likeness (QED) is 0.920. The molecule has 0 saturated carbocycles. The molecule has 0 amide bonds. The first-order valence-corrected chi connectivity index (χ1v) is 7.71. The number of ether oxygens (including phenoxy) is 2. The Hall–Kier alpha value is -1.69. The Morgan fingerprint density at radius 1 is 1.22 bits per heavy atom. The van der Waals surface area contributed by atoms with Gasteiger partial charge in [-0.1, -0.05) is 29.8 Å². The van der Waals surface area contributed by atoms with Crippen LogP contribution in [0.5, 0.6) is 5.75 Å². The summed E-state index contributed by atoms with van der Waals surface area (Å²) in [6.45, 7) is 1.75. The lowest BCUT2D eigenvalue weighted by Crippen LogP contribution is -2.43. The fraction of sp³-hybridized carbons (Fsp3) is 0.294. The molecule has 1 N–H and O–H groups in total. The monoisotopic (exact) mass is 339 g/mol. The van der Waals surface area contributed by atoms with Crippen molar-refractivity contribution in [3.05, 3.63) is 64.7 Å². The fourth-order valence-electron chi connectivity index (χ4n) is 2.54. The van der Waals surface area contributed by atoms with Gasteiger partial charge in [-0.2, -0.15) is 0 Å².